The summed E-state index contributed by atoms with van der Waals surface area (Å²) in [5.74, 6) is 1.47. The van der Waals surface area contributed by atoms with Crippen LogP contribution < -0.4 is 10.1 Å². The Balaban J connectivity index is 1.72. The van der Waals surface area contributed by atoms with E-state index in [-0.39, 0.29) is 0 Å². The van der Waals surface area contributed by atoms with E-state index in [1.807, 2.05) is 13.1 Å². The molecule has 0 radical (unpaired) electrons. The summed E-state index contributed by atoms with van der Waals surface area (Å²) in [5, 5.41) is 4.44. The molecule has 2 rings (SSSR count). The van der Waals surface area contributed by atoms with Gasteiger partial charge in [0.1, 0.15) is 12.4 Å². The normalized spacial score (nSPS) is 19.8. The van der Waals surface area contributed by atoms with Gasteiger partial charge in [-0.3, -0.25) is 4.90 Å². The first-order valence-electron chi connectivity index (χ1n) is 6.64. The highest BCUT2D eigenvalue weighted by Crippen LogP contribution is 2.27. The van der Waals surface area contributed by atoms with Crippen LogP contribution in [0.2, 0.25) is 10.0 Å². The Bertz CT molecular complexity index is 414. The quantitative estimate of drug-likeness (QED) is 0.874. The van der Waals surface area contributed by atoms with Gasteiger partial charge in [0.2, 0.25) is 0 Å². The van der Waals surface area contributed by atoms with Gasteiger partial charge in [0.15, 0.2) is 0 Å². The number of nitrogens with one attached hydrogen (secondary N) is 1. The topological polar surface area (TPSA) is 24.5 Å². The minimum Gasteiger partial charge on any atom is -0.491 e. The van der Waals surface area contributed by atoms with E-state index >= 15 is 0 Å². The molecule has 1 fully saturated rings. The van der Waals surface area contributed by atoms with Crippen molar-refractivity contribution < 1.29 is 4.74 Å². The highest BCUT2D eigenvalue weighted by molar-refractivity contribution is 6.35. The molecule has 19 heavy (non-hydrogen) atoms. The fourth-order valence-corrected chi connectivity index (χ4v) is 2.91. The predicted octanol–water partition coefficient (Wildman–Crippen LogP) is 2.91. The fraction of sp³-hybridized carbons (Fsp3) is 0.571. The molecule has 1 aromatic rings. The molecule has 3 nitrogen and oxygen atoms in total. The maximum atomic E-state index is 6.06. The van der Waals surface area contributed by atoms with E-state index < -0.39 is 0 Å². The molecule has 1 atom stereocenters. The number of halogens is 2. The molecule has 1 aromatic carbocycles. The van der Waals surface area contributed by atoms with Crippen LogP contribution in [-0.4, -0.2) is 44.7 Å². The van der Waals surface area contributed by atoms with Crippen LogP contribution >= 0.6 is 23.2 Å². The summed E-state index contributed by atoms with van der Waals surface area (Å²) in [4.78, 5) is 2.44. The maximum absolute atomic E-state index is 6.06. The Morgan fingerprint density at radius 3 is 3.00 bits per heavy atom. The lowest BCUT2D eigenvalue weighted by Crippen LogP contribution is -2.28. The summed E-state index contributed by atoms with van der Waals surface area (Å²) < 4.78 is 5.70. The average molecular weight is 303 g/mol. The molecule has 0 aromatic heterocycles. The number of hydrogen-bond donors (Lipinski definition) is 1. The zero-order chi connectivity index (χ0) is 13.7. The van der Waals surface area contributed by atoms with Crippen molar-refractivity contribution in [3.63, 3.8) is 0 Å². The summed E-state index contributed by atoms with van der Waals surface area (Å²) >= 11 is 11.9. The molecule has 0 amide bonds. The van der Waals surface area contributed by atoms with E-state index in [4.69, 9.17) is 27.9 Å². The average Bonchev–Trinajstić information content (AvgIpc) is 2.80. The number of benzene rings is 1. The van der Waals surface area contributed by atoms with Crippen LogP contribution in [-0.2, 0) is 0 Å². The Morgan fingerprint density at radius 2 is 2.26 bits per heavy atom. The van der Waals surface area contributed by atoms with Gasteiger partial charge in [-0.25, -0.2) is 0 Å². The van der Waals surface area contributed by atoms with Gasteiger partial charge in [-0.15, -0.1) is 0 Å². The van der Waals surface area contributed by atoms with Crippen molar-refractivity contribution in [3.8, 4) is 5.75 Å². The summed E-state index contributed by atoms with van der Waals surface area (Å²) in [7, 11) is 2.01. The summed E-state index contributed by atoms with van der Waals surface area (Å²) in [6.07, 6.45) is 1.27. The highest BCUT2D eigenvalue weighted by Gasteiger charge is 2.21. The zero-order valence-electron chi connectivity index (χ0n) is 11.2. The van der Waals surface area contributed by atoms with Gasteiger partial charge >= 0.3 is 0 Å². The molecule has 0 aliphatic carbocycles. The van der Waals surface area contributed by atoms with E-state index in [9.17, 15) is 0 Å². The first-order chi connectivity index (χ1) is 9.19. The third kappa shape index (κ3) is 4.53. The van der Waals surface area contributed by atoms with Crippen LogP contribution in [0.4, 0.5) is 0 Å². The Morgan fingerprint density at radius 1 is 1.42 bits per heavy atom. The Hall–Kier alpha value is -0.480. The van der Waals surface area contributed by atoms with Crippen LogP contribution in [0.3, 0.4) is 0 Å². The van der Waals surface area contributed by atoms with Gasteiger partial charge in [0.25, 0.3) is 0 Å². The van der Waals surface area contributed by atoms with Gasteiger partial charge in [-0.05, 0) is 50.7 Å². The van der Waals surface area contributed by atoms with E-state index in [0.29, 0.717) is 22.4 Å². The maximum Gasteiger partial charge on any atom is 0.138 e. The van der Waals surface area contributed by atoms with Crippen molar-refractivity contribution in [3.05, 3.63) is 28.2 Å². The number of nitrogens with zero attached hydrogens (tertiary/aromatic N) is 1. The molecular weight excluding hydrogens is 283 g/mol. The Labute approximate surface area is 124 Å². The van der Waals surface area contributed by atoms with Crippen molar-refractivity contribution >= 4 is 23.2 Å². The van der Waals surface area contributed by atoms with Gasteiger partial charge in [-0.1, -0.05) is 23.2 Å². The van der Waals surface area contributed by atoms with E-state index in [1.165, 1.54) is 6.42 Å². The predicted molar refractivity (Wildman–Crippen MR) is 80.4 cm³/mol. The van der Waals surface area contributed by atoms with E-state index in [2.05, 4.69) is 10.2 Å². The summed E-state index contributed by atoms with van der Waals surface area (Å²) in [6, 6.07) is 5.32. The molecule has 106 valence electrons. The largest absolute Gasteiger partial charge is 0.491 e. The van der Waals surface area contributed by atoms with Gasteiger partial charge in [-0.2, -0.15) is 0 Å². The van der Waals surface area contributed by atoms with Crippen LogP contribution in [0.15, 0.2) is 18.2 Å². The van der Waals surface area contributed by atoms with Gasteiger partial charge < -0.3 is 10.1 Å². The number of rotatable bonds is 6. The Kier molecular flexibility index (Phi) is 5.76. The standard InChI is InChI=1S/C14H20Cl2N2O/c1-17-9-11-4-5-18(10-11)6-7-19-14-3-2-12(15)8-13(14)16/h2-3,8,11,17H,4-7,9-10H2,1H3. The molecular formula is C14H20Cl2N2O. The molecule has 1 saturated heterocycles. The molecule has 0 bridgehead atoms. The third-order valence-electron chi connectivity index (χ3n) is 3.42. The SMILES string of the molecule is CNCC1CCN(CCOc2ccc(Cl)cc2Cl)C1. The smallest absolute Gasteiger partial charge is 0.138 e. The van der Waals surface area contributed by atoms with E-state index in [0.717, 1.165) is 32.1 Å². The number of likely N-dealkylation sites (tertiary alicyclic amines) is 1. The molecule has 1 aliphatic rings. The van der Waals surface area contributed by atoms with Crippen molar-refractivity contribution in [1.29, 1.82) is 0 Å². The first kappa shape index (κ1) is 14.9. The zero-order valence-corrected chi connectivity index (χ0v) is 12.7. The van der Waals surface area contributed by atoms with Gasteiger partial charge in [0.05, 0.1) is 5.02 Å². The second-order valence-electron chi connectivity index (χ2n) is 4.94. The number of ether oxygens (including phenoxy) is 1. The van der Waals surface area contributed by atoms with Crippen LogP contribution in [0.25, 0.3) is 0 Å². The molecule has 5 heteroatoms. The fourth-order valence-electron chi connectivity index (χ4n) is 2.45. The molecule has 1 N–H and O–H groups in total. The van der Waals surface area contributed by atoms with Crippen LogP contribution in [0, 0.1) is 5.92 Å². The lowest BCUT2D eigenvalue weighted by molar-refractivity contribution is 0.232. The van der Waals surface area contributed by atoms with Gasteiger partial charge in [0, 0.05) is 18.1 Å². The minimum atomic E-state index is 0.571. The minimum absolute atomic E-state index is 0.571. The van der Waals surface area contributed by atoms with Crippen LogP contribution in [0.5, 0.6) is 5.75 Å². The molecule has 1 aliphatic heterocycles. The lowest BCUT2D eigenvalue weighted by Gasteiger charge is -2.16. The van der Waals surface area contributed by atoms with E-state index in [1.54, 1.807) is 12.1 Å². The second-order valence-corrected chi connectivity index (χ2v) is 5.78. The molecule has 0 saturated carbocycles. The van der Waals surface area contributed by atoms with Crippen molar-refractivity contribution in [2.45, 2.75) is 6.42 Å². The summed E-state index contributed by atoms with van der Waals surface area (Å²) in [6.45, 7) is 5.01. The first-order valence-corrected chi connectivity index (χ1v) is 7.39. The van der Waals surface area contributed by atoms with Crippen molar-refractivity contribution in [2.75, 3.05) is 39.8 Å². The van der Waals surface area contributed by atoms with Crippen molar-refractivity contribution in [2.24, 2.45) is 5.92 Å². The monoisotopic (exact) mass is 302 g/mol. The number of hydrogen-bond acceptors (Lipinski definition) is 3. The third-order valence-corrected chi connectivity index (χ3v) is 3.95. The molecule has 0 spiro atoms. The highest BCUT2D eigenvalue weighted by atomic mass is 35.5. The molecule has 1 unspecified atom stereocenters. The van der Waals surface area contributed by atoms with Crippen molar-refractivity contribution in [1.82, 2.24) is 10.2 Å². The summed E-state index contributed by atoms with van der Waals surface area (Å²) in [5.41, 5.74) is 0. The van der Waals surface area contributed by atoms with Crippen LogP contribution in [0.1, 0.15) is 6.42 Å². The molecule has 1 heterocycles. The lowest BCUT2D eigenvalue weighted by atomic mass is 10.1. The second kappa shape index (κ2) is 7.34.